The number of aryl methyl sites for hydroxylation is 6. The van der Waals surface area contributed by atoms with Gasteiger partial charge in [0.2, 0.25) is 0 Å². The SMILES string of the molecule is COc1cc(CCC(=O)/C=C(\O)CCc2ccc(O)c(OC)c2)ccc1O.COc1cc(CCC(=O)CC(O)CCc2ccc(O)c(OC)c2)ccc1O.COc1cc(CCC(O)CC(O)CCc2ccc(O)c(OC)c2)ccc1O. The summed E-state index contributed by atoms with van der Waals surface area (Å²) in [5.74, 6) is 2.56. The van der Waals surface area contributed by atoms with Gasteiger partial charge in [-0.25, -0.2) is 0 Å². The summed E-state index contributed by atoms with van der Waals surface area (Å²) in [5, 5.41) is 98.0. The van der Waals surface area contributed by atoms with Gasteiger partial charge in [-0.2, -0.15) is 0 Å². The Hall–Kier alpha value is -8.32. The molecule has 18 nitrogen and oxygen atoms in total. The third-order valence-electron chi connectivity index (χ3n) is 13.1. The Kier molecular flexibility index (Phi) is 27.3. The lowest BCUT2D eigenvalue weighted by Crippen LogP contribution is -2.19. The Bertz CT molecular complexity index is 2890. The van der Waals surface area contributed by atoms with E-state index in [0.717, 1.165) is 33.4 Å². The van der Waals surface area contributed by atoms with Crippen LogP contribution in [0.4, 0.5) is 0 Å². The highest BCUT2D eigenvalue weighted by Crippen LogP contribution is 2.32. The zero-order valence-electron chi connectivity index (χ0n) is 46.8. The van der Waals surface area contributed by atoms with E-state index in [-0.39, 0.29) is 64.7 Å². The summed E-state index contributed by atoms with van der Waals surface area (Å²) in [4.78, 5) is 24.1. The van der Waals surface area contributed by atoms with Crippen LogP contribution in [-0.2, 0) is 48.1 Å². The van der Waals surface area contributed by atoms with E-state index in [0.29, 0.717) is 112 Å². The third-order valence-corrected chi connectivity index (χ3v) is 13.1. The number of carbonyl (C=O) groups excluding carboxylic acids is 2. The lowest BCUT2D eigenvalue weighted by molar-refractivity contribution is -0.121. The Morgan fingerprint density at radius 1 is 0.383 bits per heavy atom. The molecule has 0 saturated carbocycles. The predicted octanol–water partition coefficient (Wildman–Crippen LogP) is 9.48. The number of Topliss-reactive ketones (excluding diaryl/α,β-unsaturated/α-hetero) is 1. The highest BCUT2D eigenvalue weighted by Gasteiger charge is 2.16. The van der Waals surface area contributed by atoms with Crippen molar-refractivity contribution >= 4 is 11.6 Å². The lowest BCUT2D eigenvalue weighted by atomic mass is 9.99. The van der Waals surface area contributed by atoms with E-state index in [1.807, 2.05) is 0 Å². The van der Waals surface area contributed by atoms with Gasteiger partial charge in [-0.3, -0.25) is 9.59 Å². The third kappa shape index (κ3) is 22.8. The smallest absolute Gasteiger partial charge is 0.160 e. The average molecular weight is 1120 g/mol. The van der Waals surface area contributed by atoms with Crippen LogP contribution in [0.2, 0.25) is 0 Å². The van der Waals surface area contributed by atoms with Gasteiger partial charge in [0, 0.05) is 31.8 Å². The van der Waals surface area contributed by atoms with Crippen LogP contribution in [0, 0.1) is 0 Å². The topological polar surface area (TPSA) is 292 Å². The number of aromatic hydroxyl groups is 6. The molecular formula is C63H78O18. The molecule has 18 heteroatoms. The second-order valence-electron chi connectivity index (χ2n) is 19.2. The summed E-state index contributed by atoms with van der Waals surface area (Å²) in [5.41, 5.74) is 5.47. The number of benzene rings is 6. The van der Waals surface area contributed by atoms with Gasteiger partial charge < -0.3 is 79.5 Å². The van der Waals surface area contributed by atoms with Crippen LogP contribution in [0.1, 0.15) is 84.7 Å². The number of hydrogen-bond acceptors (Lipinski definition) is 18. The van der Waals surface area contributed by atoms with E-state index < -0.39 is 18.3 Å². The normalized spacial score (nSPS) is 12.1. The maximum atomic E-state index is 12.1. The molecule has 0 aliphatic rings. The minimum atomic E-state index is -0.716. The summed E-state index contributed by atoms with van der Waals surface area (Å²) in [7, 11) is 8.88. The Morgan fingerprint density at radius 3 is 0.938 bits per heavy atom. The van der Waals surface area contributed by atoms with Crippen molar-refractivity contribution in [2.24, 2.45) is 0 Å². The van der Waals surface area contributed by atoms with Gasteiger partial charge in [0.15, 0.2) is 74.8 Å². The van der Waals surface area contributed by atoms with E-state index in [4.69, 9.17) is 28.4 Å². The average Bonchev–Trinajstić information content (AvgIpc) is 3.46. The zero-order chi connectivity index (χ0) is 59.4. The lowest BCUT2D eigenvalue weighted by Gasteiger charge is -2.16. The Morgan fingerprint density at radius 2 is 0.642 bits per heavy atom. The molecule has 10 N–H and O–H groups in total. The van der Waals surface area contributed by atoms with Crippen LogP contribution < -0.4 is 28.4 Å². The number of phenols is 6. The van der Waals surface area contributed by atoms with Gasteiger partial charge in [0.25, 0.3) is 0 Å². The minimum absolute atomic E-state index is 0.00956. The van der Waals surface area contributed by atoms with Crippen LogP contribution in [0.25, 0.3) is 0 Å². The summed E-state index contributed by atoms with van der Waals surface area (Å²) >= 11 is 0. The summed E-state index contributed by atoms with van der Waals surface area (Å²) in [6.45, 7) is 0. The fourth-order valence-corrected chi connectivity index (χ4v) is 8.44. The van der Waals surface area contributed by atoms with Crippen LogP contribution in [0.3, 0.4) is 0 Å². The number of ketones is 2. The van der Waals surface area contributed by atoms with E-state index >= 15 is 0 Å². The molecule has 0 radical (unpaired) electrons. The molecule has 0 saturated heterocycles. The van der Waals surface area contributed by atoms with Crippen LogP contribution >= 0.6 is 0 Å². The van der Waals surface area contributed by atoms with Crippen molar-refractivity contribution in [3.8, 4) is 69.0 Å². The Balaban J connectivity index is 0.000000261. The largest absolute Gasteiger partial charge is 0.512 e. The van der Waals surface area contributed by atoms with E-state index in [2.05, 4.69) is 0 Å². The molecule has 81 heavy (non-hydrogen) atoms. The molecule has 6 aromatic carbocycles. The first kappa shape index (κ1) is 65.2. The number of hydrogen-bond donors (Lipinski definition) is 10. The van der Waals surface area contributed by atoms with Crippen LogP contribution in [-0.4, -0.2) is 124 Å². The van der Waals surface area contributed by atoms with Gasteiger partial charge >= 0.3 is 0 Å². The minimum Gasteiger partial charge on any atom is -0.512 e. The van der Waals surface area contributed by atoms with Crippen molar-refractivity contribution in [2.45, 2.75) is 108 Å². The van der Waals surface area contributed by atoms with Crippen molar-refractivity contribution in [3.05, 3.63) is 154 Å². The van der Waals surface area contributed by atoms with Crippen molar-refractivity contribution in [3.63, 3.8) is 0 Å². The van der Waals surface area contributed by atoms with Crippen LogP contribution in [0.5, 0.6) is 69.0 Å². The molecule has 0 aliphatic heterocycles. The van der Waals surface area contributed by atoms with Crippen molar-refractivity contribution in [1.29, 1.82) is 0 Å². The molecular weight excluding hydrogens is 1040 g/mol. The van der Waals surface area contributed by atoms with Gasteiger partial charge in [-0.05, 0) is 170 Å². The molecule has 438 valence electrons. The highest BCUT2D eigenvalue weighted by atomic mass is 16.5. The van der Waals surface area contributed by atoms with E-state index in [9.17, 15) is 60.7 Å². The fraction of sp³-hybridized carbons (Fsp3) is 0.365. The van der Waals surface area contributed by atoms with Crippen molar-refractivity contribution in [2.75, 3.05) is 42.7 Å². The summed E-state index contributed by atoms with van der Waals surface area (Å²) in [6, 6.07) is 30.2. The van der Waals surface area contributed by atoms with Gasteiger partial charge in [-0.15, -0.1) is 0 Å². The van der Waals surface area contributed by atoms with Gasteiger partial charge in [-0.1, -0.05) is 36.4 Å². The number of rotatable bonds is 29. The summed E-state index contributed by atoms with van der Waals surface area (Å²) in [6.07, 6.45) is 5.39. The molecule has 3 atom stereocenters. The maximum absolute atomic E-state index is 12.1. The Labute approximate surface area is 473 Å². The number of aliphatic hydroxyl groups excluding tert-OH is 4. The zero-order valence-corrected chi connectivity index (χ0v) is 46.8. The van der Waals surface area contributed by atoms with Crippen LogP contribution in [0.15, 0.2) is 121 Å². The number of allylic oxidation sites excluding steroid dienone is 2. The molecule has 6 aromatic rings. The first-order chi connectivity index (χ1) is 38.8. The predicted molar refractivity (Wildman–Crippen MR) is 306 cm³/mol. The monoisotopic (exact) mass is 1120 g/mol. The van der Waals surface area contributed by atoms with Crippen molar-refractivity contribution in [1.82, 2.24) is 0 Å². The second-order valence-corrected chi connectivity index (χ2v) is 19.2. The van der Waals surface area contributed by atoms with Gasteiger partial charge in [0.05, 0.1) is 66.7 Å². The molecule has 0 spiro atoms. The number of methoxy groups -OCH3 is 6. The maximum Gasteiger partial charge on any atom is 0.160 e. The number of ether oxygens (including phenoxy) is 6. The number of aliphatic hydroxyl groups is 4. The standard InChI is InChI=1S/C21H28O6.C21H26O6.C21H24O6/c3*1-26-20-11-14(5-9-18(20)24)3-7-16(22)13-17(23)8-4-15-6-10-19(25)21(12-15)27-2/h5-6,9-12,16-17,22-25H,3-4,7-8,13H2,1-2H3;5-6,9-12,16,22,24-25H,3-4,7-8,13H2,1-2H3;5-6,9-13,22,24-25H,3-4,7-8H2,1-2H3/b;;16-13-. The number of phenolic OH excluding ortho intramolecular Hbond substituents is 6. The quantitative estimate of drug-likeness (QED) is 0.0154. The second kappa shape index (κ2) is 34.0. The number of carbonyl (C=O) groups is 2. The molecule has 0 amide bonds. The molecule has 0 aromatic heterocycles. The first-order valence-electron chi connectivity index (χ1n) is 26.4. The van der Waals surface area contributed by atoms with Crippen molar-refractivity contribution < 1.29 is 89.1 Å². The molecule has 3 unspecified atom stereocenters. The molecule has 0 aliphatic carbocycles. The van der Waals surface area contributed by atoms with E-state index in [1.54, 1.807) is 97.1 Å². The summed E-state index contributed by atoms with van der Waals surface area (Å²) < 4.78 is 30.4. The van der Waals surface area contributed by atoms with E-state index in [1.165, 1.54) is 60.9 Å². The molecule has 0 fully saturated rings. The molecule has 0 heterocycles. The fourth-order valence-electron chi connectivity index (χ4n) is 8.44. The first-order valence-corrected chi connectivity index (χ1v) is 26.4. The molecule has 6 rings (SSSR count). The highest BCUT2D eigenvalue weighted by molar-refractivity contribution is 5.90. The molecule has 0 bridgehead atoms. The van der Waals surface area contributed by atoms with Gasteiger partial charge in [0.1, 0.15) is 5.78 Å².